The average molecular weight is 236 g/mol. The van der Waals surface area contributed by atoms with E-state index < -0.39 is 0 Å². The summed E-state index contributed by atoms with van der Waals surface area (Å²) in [6.07, 6.45) is 4.02. The lowest BCUT2D eigenvalue weighted by atomic mass is 9.99. The summed E-state index contributed by atoms with van der Waals surface area (Å²) in [5, 5.41) is 3.33. The van der Waals surface area contributed by atoms with Crippen LogP contribution in [0.3, 0.4) is 0 Å². The van der Waals surface area contributed by atoms with E-state index in [-0.39, 0.29) is 0 Å². The Morgan fingerprint density at radius 1 is 1.47 bits per heavy atom. The van der Waals surface area contributed by atoms with Gasteiger partial charge >= 0.3 is 0 Å². The number of aromatic nitrogens is 2. The summed E-state index contributed by atoms with van der Waals surface area (Å²) in [5.41, 5.74) is 1.39. The Morgan fingerprint density at radius 3 is 2.71 bits per heavy atom. The standard InChI is InChI=1S/C13H24N4/c1-4-16(5-2)9-11(3)17-10-15-8-13(17)12-6-14-7-12/h8,10-12,14H,4-7,9H2,1-3H3. The number of rotatable bonds is 6. The van der Waals surface area contributed by atoms with Gasteiger partial charge in [0.1, 0.15) is 0 Å². The van der Waals surface area contributed by atoms with Crippen molar-refractivity contribution in [1.29, 1.82) is 0 Å². The first-order valence-electron chi connectivity index (χ1n) is 6.71. The van der Waals surface area contributed by atoms with Crippen LogP contribution in [0.4, 0.5) is 0 Å². The molecule has 1 aromatic heterocycles. The first kappa shape index (κ1) is 12.6. The van der Waals surface area contributed by atoms with E-state index in [0.717, 1.165) is 32.7 Å². The van der Waals surface area contributed by atoms with Crippen LogP contribution in [0.5, 0.6) is 0 Å². The van der Waals surface area contributed by atoms with Crippen LogP contribution in [0.15, 0.2) is 12.5 Å². The third kappa shape index (κ3) is 2.69. The van der Waals surface area contributed by atoms with Crippen LogP contribution in [0.2, 0.25) is 0 Å². The molecule has 1 aliphatic rings. The number of imidazole rings is 1. The molecule has 1 fully saturated rings. The first-order chi connectivity index (χ1) is 8.26. The summed E-state index contributed by atoms with van der Waals surface area (Å²) in [5.74, 6) is 0.664. The zero-order valence-corrected chi connectivity index (χ0v) is 11.2. The molecule has 4 heteroatoms. The number of nitrogens with one attached hydrogen (secondary N) is 1. The number of nitrogens with zero attached hydrogens (tertiary/aromatic N) is 3. The molecule has 0 spiro atoms. The molecule has 1 N–H and O–H groups in total. The summed E-state index contributed by atoms with van der Waals surface area (Å²) < 4.78 is 2.35. The van der Waals surface area contributed by atoms with Crippen molar-refractivity contribution in [2.75, 3.05) is 32.7 Å². The summed E-state index contributed by atoms with van der Waals surface area (Å²) in [7, 11) is 0. The van der Waals surface area contributed by atoms with Gasteiger partial charge in [0.25, 0.3) is 0 Å². The molecule has 1 unspecified atom stereocenters. The summed E-state index contributed by atoms with van der Waals surface area (Å²) in [6, 6.07) is 0.507. The van der Waals surface area contributed by atoms with Crippen molar-refractivity contribution in [2.24, 2.45) is 0 Å². The van der Waals surface area contributed by atoms with Gasteiger partial charge in [-0.2, -0.15) is 0 Å². The van der Waals surface area contributed by atoms with Gasteiger partial charge in [-0.1, -0.05) is 13.8 Å². The van der Waals surface area contributed by atoms with Crippen LogP contribution < -0.4 is 5.32 Å². The SMILES string of the molecule is CCN(CC)CC(C)n1cncc1C1CNC1. The van der Waals surface area contributed by atoms with E-state index >= 15 is 0 Å². The van der Waals surface area contributed by atoms with Crippen LogP contribution in [-0.4, -0.2) is 47.2 Å². The third-order valence-electron chi connectivity index (χ3n) is 3.79. The Bertz CT molecular complexity index is 339. The molecule has 1 aliphatic heterocycles. The Morgan fingerprint density at radius 2 is 2.18 bits per heavy atom. The van der Waals surface area contributed by atoms with Gasteiger partial charge in [0.05, 0.1) is 6.33 Å². The van der Waals surface area contributed by atoms with Crippen molar-refractivity contribution >= 4 is 0 Å². The molecule has 96 valence electrons. The largest absolute Gasteiger partial charge is 0.330 e. The first-order valence-corrected chi connectivity index (χ1v) is 6.71. The molecule has 4 nitrogen and oxygen atoms in total. The number of likely N-dealkylation sites (N-methyl/N-ethyl adjacent to an activating group) is 1. The van der Waals surface area contributed by atoms with Crippen molar-refractivity contribution in [1.82, 2.24) is 19.8 Å². The fourth-order valence-corrected chi connectivity index (χ4v) is 2.44. The summed E-state index contributed by atoms with van der Waals surface area (Å²) in [4.78, 5) is 6.79. The molecule has 1 atom stereocenters. The molecule has 2 heterocycles. The van der Waals surface area contributed by atoms with Crippen molar-refractivity contribution < 1.29 is 0 Å². The lowest BCUT2D eigenvalue weighted by Crippen LogP contribution is -2.41. The van der Waals surface area contributed by atoms with Gasteiger partial charge in [-0.3, -0.25) is 0 Å². The smallest absolute Gasteiger partial charge is 0.0951 e. The van der Waals surface area contributed by atoms with E-state index in [1.54, 1.807) is 0 Å². The highest BCUT2D eigenvalue weighted by atomic mass is 15.2. The van der Waals surface area contributed by atoms with E-state index in [1.165, 1.54) is 5.69 Å². The Kier molecular flexibility index (Phi) is 4.18. The zero-order chi connectivity index (χ0) is 12.3. The highest BCUT2D eigenvalue weighted by molar-refractivity contribution is 5.12. The minimum atomic E-state index is 0.507. The van der Waals surface area contributed by atoms with Gasteiger partial charge < -0.3 is 14.8 Å². The summed E-state index contributed by atoms with van der Waals surface area (Å²) >= 11 is 0. The van der Waals surface area contributed by atoms with Crippen LogP contribution in [0.25, 0.3) is 0 Å². The molecule has 1 saturated heterocycles. The van der Waals surface area contributed by atoms with Crippen LogP contribution in [0.1, 0.15) is 38.4 Å². The second-order valence-electron chi connectivity index (χ2n) is 4.92. The van der Waals surface area contributed by atoms with Crippen molar-refractivity contribution in [3.63, 3.8) is 0 Å². The van der Waals surface area contributed by atoms with Gasteiger partial charge in [-0.25, -0.2) is 4.98 Å². The predicted octanol–water partition coefficient (Wildman–Crippen LogP) is 1.47. The molecule has 17 heavy (non-hydrogen) atoms. The van der Waals surface area contributed by atoms with E-state index in [1.807, 2.05) is 12.5 Å². The second kappa shape index (κ2) is 5.65. The molecular formula is C13H24N4. The maximum atomic E-state index is 4.32. The summed E-state index contributed by atoms with van der Waals surface area (Å²) in [6.45, 7) is 12.3. The predicted molar refractivity (Wildman–Crippen MR) is 70.3 cm³/mol. The van der Waals surface area contributed by atoms with Crippen molar-refractivity contribution in [3.05, 3.63) is 18.2 Å². The topological polar surface area (TPSA) is 33.1 Å². The van der Waals surface area contributed by atoms with Gasteiger partial charge in [0.2, 0.25) is 0 Å². The molecular weight excluding hydrogens is 212 g/mol. The highest BCUT2D eigenvalue weighted by Crippen LogP contribution is 2.22. The van der Waals surface area contributed by atoms with Crippen LogP contribution in [-0.2, 0) is 0 Å². The average Bonchev–Trinajstić information content (AvgIpc) is 2.72. The Labute approximate surface area is 104 Å². The van der Waals surface area contributed by atoms with Crippen LogP contribution >= 0.6 is 0 Å². The normalized spacial score (nSPS) is 18.4. The molecule has 0 bridgehead atoms. The maximum absolute atomic E-state index is 4.32. The molecule has 0 aromatic carbocycles. The lowest BCUT2D eigenvalue weighted by Gasteiger charge is -2.31. The minimum absolute atomic E-state index is 0.507. The fourth-order valence-electron chi connectivity index (χ4n) is 2.44. The van der Waals surface area contributed by atoms with Crippen molar-refractivity contribution in [2.45, 2.75) is 32.7 Å². The molecule has 0 amide bonds. The van der Waals surface area contributed by atoms with E-state index in [9.17, 15) is 0 Å². The van der Waals surface area contributed by atoms with Gasteiger partial charge in [0, 0.05) is 43.5 Å². The van der Waals surface area contributed by atoms with E-state index in [0.29, 0.717) is 12.0 Å². The number of hydrogen-bond acceptors (Lipinski definition) is 3. The molecule has 0 radical (unpaired) electrons. The maximum Gasteiger partial charge on any atom is 0.0951 e. The Hall–Kier alpha value is -0.870. The van der Waals surface area contributed by atoms with E-state index in [2.05, 4.69) is 40.5 Å². The van der Waals surface area contributed by atoms with Gasteiger partial charge in [-0.15, -0.1) is 0 Å². The van der Waals surface area contributed by atoms with Crippen LogP contribution in [0, 0.1) is 0 Å². The highest BCUT2D eigenvalue weighted by Gasteiger charge is 2.24. The quantitative estimate of drug-likeness (QED) is 0.812. The third-order valence-corrected chi connectivity index (χ3v) is 3.79. The van der Waals surface area contributed by atoms with Crippen molar-refractivity contribution in [3.8, 4) is 0 Å². The zero-order valence-electron chi connectivity index (χ0n) is 11.2. The second-order valence-corrected chi connectivity index (χ2v) is 4.92. The molecule has 0 saturated carbocycles. The fraction of sp³-hybridized carbons (Fsp3) is 0.769. The van der Waals surface area contributed by atoms with E-state index in [4.69, 9.17) is 0 Å². The Balaban J connectivity index is 2.02. The minimum Gasteiger partial charge on any atom is -0.330 e. The number of hydrogen-bond donors (Lipinski definition) is 1. The lowest BCUT2D eigenvalue weighted by molar-refractivity contribution is 0.256. The molecule has 0 aliphatic carbocycles. The molecule has 2 rings (SSSR count). The van der Waals surface area contributed by atoms with Gasteiger partial charge in [0.15, 0.2) is 0 Å². The molecule has 1 aromatic rings. The monoisotopic (exact) mass is 236 g/mol. The van der Waals surface area contributed by atoms with Gasteiger partial charge in [-0.05, 0) is 20.0 Å².